The molecule has 0 saturated carbocycles. The predicted molar refractivity (Wildman–Crippen MR) is 51.8 cm³/mol. The normalized spacial score (nSPS) is 10.2. The second kappa shape index (κ2) is 3.15. The van der Waals surface area contributed by atoms with Crippen LogP contribution in [0.2, 0.25) is 0 Å². The van der Waals surface area contributed by atoms with Crippen molar-refractivity contribution < 1.29 is 5.11 Å². The molecule has 1 aromatic rings. The highest BCUT2D eigenvalue weighted by Crippen LogP contribution is 2.33. The maximum Gasteiger partial charge on any atom is 0.123 e. The Morgan fingerprint density at radius 1 is 1.09 bits per heavy atom. The molecule has 11 heavy (non-hydrogen) atoms. The fourth-order valence-electron chi connectivity index (χ4n) is 0.773. The van der Waals surface area contributed by atoms with E-state index in [0.717, 1.165) is 20.1 Å². The minimum atomic E-state index is 0.322. The highest BCUT2D eigenvalue weighted by Gasteiger charge is 2.07. The Hall–Kier alpha value is -0.0200. The van der Waals surface area contributed by atoms with Crippen LogP contribution >= 0.6 is 31.9 Å². The van der Waals surface area contributed by atoms with Crippen molar-refractivity contribution in [2.24, 2.45) is 0 Å². The van der Waals surface area contributed by atoms with E-state index in [1.54, 1.807) is 0 Å². The van der Waals surface area contributed by atoms with E-state index in [2.05, 4.69) is 37.9 Å². The van der Waals surface area contributed by atoms with Gasteiger partial charge in [-0.2, -0.15) is 0 Å². The first-order chi connectivity index (χ1) is 5.04. The molecule has 0 atom stereocenters. The van der Waals surface area contributed by atoms with E-state index in [1.807, 2.05) is 13.8 Å². The first-order valence-corrected chi connectivity index (χ1v) is 4.69. The maximum absolute atomic E-state index is 9.49. The van der Waals surface area contributed by atoms with Crippen molar-refractivity contribution in [3.05, 3.63) is 26.1 Å². The van der Waals surface area contributed by atoms with Crippen LogP contribution in [0, 0.1) is 19.9 Å². The first-order valence-electron chi connectivity index (χ1n) is 3.10. The van der Waals surface area contributed by atoms with Crippen LogP contribution in [-0.4, -0.2) is 5.11 Å². The summed E-state index contributed by atoms with van der Waals surface area (Å²) >= 11 is 6.57. The van der Waals surface area contributed by atoms with Crippen molar-refractivity contribution >= 4 is 31.9 Å². The lowest BCUT2D eigenvalue weighted by atomic mass is 10.1. The van der Waals surface area contributed by atoms with E-state index in [4.69, 9.17) is 0 Å². The van der Waals surface area contributed by atoms with E-state index in [1.165, 1.54) is 0 Å². The average Bonchev–Trinajstić information content (AvgIpc) is 1.97. The zero-order valence-electron chi connectivity index (χ0n) is 6.20. The fraction of sp³-hybridized carbons (Fsp3) is 0.250. The Kier molecular flexibility index (Phi) is 2.60. The largest absolute Gasteiger partial charge is 0.507 e. The second-order valence-electron chi connectivity index (χ2n) is 2.35. The van der Waals surface area contributed by atoms with Crippen LogP contribution in [0.5, 0.6) is 5.75 Å². The quantitative estimate of drug-likeness (QED) is 0.772. The van der Waals surface area contributed by atoms with Crippen LogP contribution in [-0.2, 0) is 0 Å². The summed E-state index contributed by atoms with van der Waals surface area (Å²) in [5.41, 5.74) is 1.65. The molecular formula is C8H7Br2O. The van der Waals surface area contributed by atoms with Gasteiger partial charge >= 0.3 is 0 Å². The SMILES string of the molecule is Cc1c(Br)[c]c(Br)c(C)c1O. The lowest BCUT2D eigenvalue weighted by molar-refractivity contribution is 0.466. The molecule has 0 aliphatic carbocycles. The van der Waals surface area contributed by atoms with Crippen LogP contribution in [0.15, 0.2) is 8.95 Å². The number of phenols is 1. The molecule has 0 heterocycles. The molecule has 1 radical (unpaired) electrons. The minimum absolute atomic E-state index is 0.322. The first kappa shape index (κ1) is 9.07. The van der Waals surface area contributed by atoms with Gasteiger partial charge in [0.1, 0.15) is 5.75 Å². The monoisotopic (exact) mass is 277 g/mol. The van der Waals surface area contributed by atoms with Gasteiger partial charge in [-0.3, -0.25) is 0 Å². The number of benzene rings is 1. The number of hydrogen-bond acceptors (Lipinski definition) is 1. The summed E-state index contributed by atoms with van der Waals surface area (Å²) in [6.45, 7) is 3.69. The number of halogens is 2. The Labute approximate surface area is 82.7 Å². The van der Waals surface area contributed by atoms with Gasteiger partial charge in [0, 0.05) is 26.1 Å². The van der Waals surface area contributed by atoms with Gasteiger partial charge in [0.15, 0.2) is 0 Å². The Morgan fingerprint density at radius 3 is 1.82 bits per heavy atom. The van der Waals surface area contributed by atoms with E-state index in [0.29, 0.717) is 5.75 Å². The third-order valence-electron chi connectivity index (χ3n) is 1.59. The number of hydrogen-bond donors (Lipinski definition) is 1. The smallest absolute Gasteiger partial charge is 0.123 e. The van der Waals surface area contributed by atoms with Crippen LogP contribution in [0.1, 0.15) is 11.1 Å². The molecule has 0 fully saturated rings. The summed E-state index contributed by atoms with van der Waals surface area (Å²) in [7, 11) is 0. The molecule has 0 bridgehead atoms. The third-order valence-corrected chi connectivity index (χ3v) is 3.17. The van der Waals surface area contributed by atoms with Gasteiger partial charge in [0.05, 0.1) is 0 Å². The highest BCUT2D eigenvalue weighted by atomic mass is 79.9. The number of rotatable bonds is 0. The summed E-state index contributed by atoms with van der Waals surface area (Å²) in [5.74, 6) is 0.322. The standard InChI is InChI=1S/C8H7Br2O/c1-4-6(9)3-7(10)5(2)8(4)11/h11H,1-2H3. The van der Waals surface area contributed by atoms with Crippen LogP contribution < -0.4 is 0 Å². The third kappa shape index (κ3) is 1.59. The van der Waals surface area contributed by atoms with Gasteiger partial charge < -0.3 is 5.11 Å². The van der Waals surface area contributed by atoms with Gasteiger partial charge in [0.25, 0.3) is 0 Å². The molecule has 1 rings (SSSR count). The molecule has 1 nitrogen and oxygen atoms in total. The Morgan fingerprint density at radius 2 is 1.45 bits per heavy atom. The average molecular weight is 279 g/mol. The van der Waals surface area contributed by atoms with Gasteiger partial charge in [-0.05, 0) is 45.7 Å². The molecule has 3 heteroatoms. The Balaban J connectivity index is 3.46. The van der Waals surface area contributed by atoms with Crippen molar-refractivity contribution in [2.75, 3.05) is 0 Å². The summed E-state index contributed by atoms with van der Waals surface area (Å²) in [4.78, 5) is 0. The molecule has 1 N–H and O–H groups in total. The van der Waals surface area contributed by atoms with Crippen molar-refractivity contribution in [1.82, 2.24) is 0 Å². The molecule has 0 amide bonds. The van der Waals surface area contributed by atoms with E-state index < -0.39 is 0 Å². The summed E-state index contributed by atoms with van der Waals surface area (Å²) in [6, 6.07) is 3.02. The van der Waals surface area contributed by atoms with Gasteiger partial charge in [-0.25, -0.2) is 0 Å². The summed E-state index contributed by atoms with van der Waals surface area (Å²) in [6.07, 6.45) is 0. The molecule has 59 valence electrons. The van der Waals surface area contributed by atoms with Crippen LogP contribution in [0.4, 0.5) is 0 Å². The number of phenolic OH excluding ortho intramolecular Hbond substituents is 1. The maximum atomic E-state index is 9.49. The lowest BCUT2D eigenvalue weighted by Crippen LogP contribution is -1.84. The van der Waals surface area contributed by atoms with Crippen LogP contribution in [0.25, 0.3) is 0 Å². The summed E-state index contributed by atoms with van der Waals surface area (Å²) < 4.78 is 1.60. The van der Waals surface area contributed by atoms with Gasteiger partial charge in [0.2, 0.25) is 0 Å². The van der Waals surface area contributed by atoms with E-state index in [-0.39, 0.29) is 0 Å². The molecular weight excluding hydrogens is 272 g/mol. The topological polar surface area (TPSA) is 20.2 Å². The van der Waals surface area contributed by atoms with E-state index in [9.17, 15) is 5.11 Å². The molecule has 0 aromatic heterocycles. The predicted octanol–water partition coefficient (Wildman–Crippen LogP) is 3.33. The van der Waals surface area contributed by atoms with Crippen molar-refractivity contribution in [3.63, 3.8) is 0 Å². The zero-order valence-corrected chi connectivity index (χ0v) is 9.38. The molecule has 0 aliphatic heterocycles. The molecule has 0 aliphatic rings. The van der Waals surface area contributed by atoms with Crippen molar-refractivity contribution in [3.8, 4) is 5.75 Å². The zero-order chi connectivity index (χ0) is 8.59. The van der Waals surface area contributed by atoms with Gasteiger partial charge in [-0.1, -0.05) is 0 Å². The van der Waals surface area contributed by atoms with Crippen molar-refractivity contribution in [1.29, 1.82) is 0 Å². The Bertz CT molecular complexity index is 268. The summed E-state index contributed by atoms with van der Waals surface area (Å²) in [5, 5.41) is 9.49. The molecule has 0 spiro atoms. The number of aromatic hydroxyl groups is 1. The molecule has 0 saturated heterocycles. The van der Waals surface area contributed by atoms with Crippen molar-refractivity contribution in [2.45, 2.75) is 13.8 Å². The van der Waals surface area contributed by atoms with Gasteiger partial charge in [-0.15, -0.1) is 0 Å². The molecule has 0 unspecified atom stereocenters. The fourth-order valence-corrected chi connectivity index (χ4v) is 1.81. The van der Waals surface area contributed by atoms with E-state index >= 15 is 0 Å². The highest BCUT2D eigenvalue weighted by molar-refractivity contribution is 9.11. The second-order valence-corrected chi connectivity index (χ2v) is 3.94. The van der Waals surface area contributed by atoms with Crippen LogP contribution in [0.3, 0.4) is 0 Å². The minimum Gasteiger partial charge on any atom is -0.507 e. The lowest BCUT2D eigenvalue weighted by Gasteiger charge is -2.06. The molecule has 1 aromatic carbocycles.